The fraction of sp³-hybridized carbons (Fsp3) is 0.182. The Labute approximate surface area is 232 Å². The van der Waals surface area contributed by atoms with Crippen LogP contribution < -0.4 is 14.2 Å². The van der Waals surface area contributed by atoms with Gasteiger partial charge in [-0.1, -0.05) is 72.8 Å². The van der Waals surface area contributed by atoms with E-state index < -0.39 is 35.6 Å². The van der Waals surface area contributed by atoms with Crippen LogP contribution in [0.3, 0.4) is 0 Å². The molecule has 7 heteroatoms. The molecule has 40 heavy (non-hydrogen) atoms. The van der Waals surface area contributed by atoms with Crippen LogP contribution >= 0.6 is 0 Å². The van der Waals surface area contributed by atoms with Crippen LogP contribution in [-0.4, -0.2) is 31.3 Å². The van der Waals surface area contributed by atoms with E-state index in [2.05, 4.69) is 6.07 Å². The van der Waals surface area contributed by atoms with Crippen molar-refractivity contribution in [1.82, 2.24) is 0 Å². The molecule has 1 aliphatic rings. The van der Waals surface area contributed by atoms with Crippen molar-refractivity contribution < 1.29 is 28.9 Å². The van der Waals surface area contributed by atoms with Gasteiger partial charge in [-0.3, -0.25) is 9.59 Å². The summed E-state index contributed by atoms with van der Waals surface area (Å²) in [4.78, 5) is 26.7. The second kappa shape index (κ2) is 11.3. The molecule has 1 N–H and O–H groups in total. The summed E-state index contributed by atoms with van der Waals surface area (Å²) in [6.07, 6.45) is 0. The summed E-state index contributed by atoms with van der Waals surface area (Å²) in [6.45, 7) is 0. The number of hydrogen-bond donors (Lipinski definition) is 1. The Balaban J connectivity index is 1.60. The summed E-state index contributed by atoms with van der Waals surface area (Å²) >= 11 is 0. The summed E-state index contributed by atoms with van der Waals surface area (Å²) in [7, 11) is 3.01. The fourth-order valence-corrected chi connectivity index (χ4v) is 5.69. The molecule has 4 aromatic rings. The second-order valence-corrected chi connectivity index (χ2v) is 9.54. The number of carboxylic acids is 1. The van der Waals surface area contributed by atoms with Gasteiger partial charge in [0, 0.05) is 11.8 Å². The first-order chi connectivity index (χ1) is 19.5. The van der Waals surface area contributed by atoms with Crippen molar-refractivity contribution in [1.29, 1.82) is 5.26 Å². The van der Waals surface area contributed by atoms with Crippen molar-refractivity contribution >= 4 is 11.9 Å². The molecule has 0 saturated heterocycles. The van der Waals surface area contributed by atoms with Gasteiger partial charge < -0.3 is 19.3 Å². The summed E-state index contributed by atoms with van der Waals surface area (Å²) in [5, 5.41) is 20.1. The van der Waals surface area contributed by atoms with E-state index in [1.54, 1.807) is 66.7 Å². The highest BCUT2D eigenvalue weighted by Crippen LogP contribution is 2.60. The molecular weight excluding hydrogens is 506 g/mol. The van der Waals surface area contributed by atoms with Crippen molar-refractivity contribution in [2.24, 2.45) is 11.8 Å². The van der Waals surface area contributed by atoms with Gasteiger partial charge in [-0.25, -0.2) is 0 Å². The van der Waals surface area contributed by atoms with Crippen molar-refractivity contribution in [2.45, 2.75) is 11.8 Å². The van der Waals surface area contributed by atoms with Gasteiger partial charge in [-0.2, -0.15) is 5.26 Å². The summed E-state index contributed by atoms with van der Waals surface area (Å²) < 4.78 is 17.0. The van der Waals surface area contributed by atoms with Crippen molar-refractivity contribution in [3.63, 3.8) is 0 Å². The third-order valence-electron chi connectivity index (χ3n) is 7.52. The molecule has 0 radical (unpaired) electrons. The number of methoxy groups -OCH3 is 2. The SMILES string of the molecule is COc1ccccc1C1[C@H](C(=O)O)C(c2ccccc2OC)[C@H]1C(=O)Oc1cc(-c2ccccc2)ccc1C#N. The molecule has 2 atom stereocenters. The Morgan fingerprint density at radius 3 is 1.77 bits per heavy atom. The number of aliphatic carboxylic acids is 1. The zero-order valence-electron chi connectivity index (χ0n) is 22.0. The number of para-hydroxylation sites is 2. The standard InChI is InChI=1S/C33H27NO6/c1-38-25-14-8-6-12-23(25)28-30(32(35)36)29(24-13-7-9-15-26(24)39-2)31(28)33(37)40-27-18-21(16-17-22(27)19-34)20-10-4-3-5-11-20/h3-18,28-31H,1-2H3,(H,35,36)/t28?,29?,30-,31-. The van der Waals surface area contributed by atoms with Gasteiger partial charge in [0.2, 0.25) is 0 Å². The lowest BCUT2D eigenvalue weighted by atomic mass is 9.52. The van der Waals surface area contributed by atoms with E-state index in [0.29, 0.717) is 22.6 Å². The predicted molar refractivity (Wildman–Crippen MR) is 148 cm³/mol. The number of carboxylic acid groups (broad SMARTS) is 1. The molecular formula is C33H27NO6. The smallest absolute Gasteiger partial charge is 0.315 e. The molecule has 0 aromatic heterocycles. The van der Waals surface area contributed by atoms with Gasteiger partial charge in [-0.05, 0) is 46.5 Å². The Hall–Kier alpha value is -5.09. The number of benzene rings is 4. The number of carbonyl (C=O) groups excluding carboxylic acids is 1. The molecule has 7 nitrogen and oxygen atoms in total. The minimum absolute atomic E-state index is 0.116. The van der Waals surface area contributed by atoms with Gasteiger partial charge in [0.1, 0.15) is 23.3 Å². The Morgan fingerprint density at radius 2 is 1.25 bits per heavy atom. The zero-order valence-corrected chi connectivity index (χ0v) is 22.0. The van der Waals surface area contributed by atoms with Gasteiger partial charge in [0.25, 0.3) is 0 Å². The third kappa shape index (κ3) is 4.76. The first-order valence-corrected chi connectivity index (χ1v) is 12.8. The number of rotatable bonds is 8. The lowest BCUT2D eigenvalue weighted by Crippen LogP contribution is -2.52. The number of esters is 1. The van der Waals surface area contributed by atoms with E-state index >= 15 is 0 Å². The van der Waals surface area contributed by atoms with Crippen LogP contribution in [0.1, 0.15) is 28.5 Å². The Bertz CT molecular complexity index is 1540. The van der Waals surface area contributed by atoms with Crippen molar-refractivity contribution in [3.8, 4) is 34.4 Å². The molecule has 0 aliphatic heterocycles. The molecule has 4 aromatic carbocycles. The van der Waals surface area contributed by atoms with Gasteiger partial charge in [0.15, 0.2) is 0 Å². The molecule has 1 saturated carbocycles. The summed E-state index contributed by atoms with van der Waals surface area (Å²) in [5.74, 6) is -3.90. The van der Waals surface area contributed by atoms with Crippen LogP contribution in [0.15, 0.2) is 97.1 Å². The van der Waals surface area contributed by atoms with Crippen LogP contribution in [-0.2, 0) is 9.59 Å². The number of carbonyl (C=O) groups is 2. The van der Waals surface area contributed by atoms with Crippen LogP contribution in [0.5, 0.6) is 17.2 Å². The van der Waals surface area contributed by atoms with Gasteiger partial charge in [-0.15, -0.1) is 0 Å². The van der Waals surface area contributed by atoms with Crippen LogP contribution in [0.25, 0.3) is 11.1 Å². The largest absolute Gasteiger partial charge is 0.496 e. The maximum atomic E-state index is 14.0. The third-order valence-corrected chi connectivity index (χ3v) is 7.52. The van der Waals surface area contributed by atoms with E-state index in [1.807, 2.05) is 30.3 Å². The van der Waals surface area contributed by atoms with Gasteiger partial charge >= 0.3 is 11.9 Å². The van der Waals surface area contributed by atoms with E-state index in [0.717, 1.165) is 11.1 Å². The van der Waals surface area contributed by atoms with E-state index in [4.69, 9.17) is 14.2 Å². The summed E-state index contributed by atoms with van der Waals surface area (Å²) in [6, 6.07) is 30.9. The minimum Gasteiger partial charge on any atom is -0.496 e. The molecule has 1 fully saturated rings. The van der Waals surface area contributed by atoms with Crippen LogP contribution in [0.2, 0.25) is 0 Å². The lowest BCUT2D eigenvalue weighted by molar-refractivity contribution is -0.158. The average molecular weight is 534 g/mol. The maximum absolute atomic E-state index is 14.0. The Morgan fingerprint density at radius 1 is 0.700 bits per heavy atom. The van der Waals surface area contributed by atoms with Crippen molar-refractivity contribution in [3.05, 3.63) is 114 Å². The highest BCUT2D eigenvalue weighted by atomic mass is 16.5. The zero-order chi connectivity index (χ0) is 28.2. The molecule has 2 unspecified atom stereocenters. The predicted octanol–water partition coefficient (Wildman–Crippen LogP) is 6.05. The Kier molecular flexibility index (Phi) is 7.52. The maximum Gasteiger partial charge on any atom is 0.315 e. The molecule has 0 heterocycles. The topological polar surface area (TPSA) is 106 Å². The molecule has 1 aliphatic carbocycles. The minimum atomic E-state index is -1.04. The molecule has 0 bridgehead atoms. The van der Waals surface area contributed by atoms with Crippen molar-refractivity contribution in [2.75, 3.05) is 14.2 Å². The number of nitrogens with zero attached hydrogens (tertiary/aromatic N) is 1. The van der Waals surface area contributed by atoms with E-state index in [-0.39, 0.29) is 11.3 Å². The highest BCUT2D eigenvalue weighted by molar-refractivity contribution is 5.87. The van der Waals surface area contributed by atoms with Crippen LogP contribution in [0.4, 0.5) is 0 Å². The number of nitriles is 1. The summed E-state index contributed by atoms with van der Waals surface area (Å²) in [5.41, 5.74) is 3.08. The first kappa shape index (κ1) is 26.5. The van der Waals surface area contributed by atoms with E-state index in [1.165, 1.54) is 14.2 Å². The molecule has 200 valence electrons. The molecule has 0 amide bonds. The number of hydrogen-bond acceptors (Lipinski definition) is 6. The highest BCUT2D eigenvalue weighted by Gasteiger charge is 2.60. The van der Waals surface area contributed by atoms with Gasteiger partial charge in [0.05, 0.1) is 31.6 Å². The second-order valence-electron chi connectivity index (χ2n) is 9.54. The molecule has 0 spiro atoms. The normalized spacial score (nSPS) is 19.5. The van der Waals surface area contributed by atoms with Crippen LogP contribution in [0, 0.1) is 23.2 Å². The monoisotopic (exact) mass is 533 g/mol. The average Bonchev–Trinajstić information content (AvgIpc) is 2.97. The number of ether oxygens (including phenoxy) is 3. The quantitative estimate of drug-likeness (QED) is 0.217. The fourth-order valence-electron chi connectivity index (χ4n) is 5.69. The lowest BCUT2D eigenvalue weighted by Gasteiger charge is -2.49. The van der Waals surface area contributed by atoms with E-state index in [9.17, 15) is 20.0 Å². The first-order valence-electron chi connectivity index (χ1n) is 12.8. The molecule has 5 rings (SSSR count).